The van der Waals surface area contributed by atoms with Crippen molar-refractivity contribution in [3.63, 3.8) is 0 Å². The van der Waals surface area contributed by atoms with Crippen LogP contribution in [-0.2, 0) is 9.22 Å². The van der Waals surface area contributed by atoms with E-state index in [0.29, 0.717) is 0 Å². The molecule has 2 heterocycles. The lowest BCUT2D eigenvalue weighted by Gasteiger charge is -2.45. The Morgan fingerprint density at radius 1 is 1.03 bits per heavy atom. The molecule has 2 fully saturated rings. The van der Waals surface area contributed by atoms with Crippen LogP contribution in [0.3, 0.4) is 0 Å². The smallest absolute Gasteiger partial charge is 0.261 e. The summed E-state index contributed by atoms with van der Waals surface area (Å²) >= 11 is 0. The molecular formula is C24H29F2NO2Si. The Labute approximate surface area is 178 Å². The van der Waals surface area contributed by atoms with Crippen LogP contribution in [0.15, 0.2) is 60.7 Å². The summed E-state index contributed by atoms with van der Waals surface area (Å²) in [5.41, 5.74) is -1.20. The Hall–Kier alpha value is -2.05. The van der Waals surface area contributed by atoms with E-state index in [9.17, 15) is 9.18 Å². The maximum atomic E-state index is 15.1. The van der Waals surface area contributed by atoms with Crippen LogP contribution in [0.5, 0.6) is 0 Å². The van der Waals surface area contributed by atoms with E-state index < -0.39 is 26.2 Å². The summed E-state index contributed by atoms with van der Waals surface area (Å²) in [7, 11) is -2.88. The Morgan fingerprint density at radius 2 is 1.57 bits per heavy atom. The normalized spacial score (nSPS) is 26.8. The minimum atomic E-state index is -2.88. The fraction of sp³-hybridized carbons (Fsp3) is 0.458. The van der Waals surface area contributed by atoms with Gasteiger partial charge in [-0.05, 0) is 15.4 Å². The van der Waals surface area contributed by atoms with Crippen LogP contribution in [0.2, 0.25) is 5.04 Å². The molecule has 1 amide bonds. The second-order valence-electron chi connectivity index (χ2n) is 9.53. The van der Waals surface area contributed by atoms with Crippen molar-refractivity contribution in [2.24, 2.45) is 0 Å². The molecule has 2 aliphatic rings. The molecule has 0 saturated carbocycles. The van der Waals surface area contributed by atoms with Crippen LogP contribution in [0.25, 0.3) is 0 Å². The van der Waals surface area contributed by atoms with Crippen LogP contribution >= 0.6 is 0 Å². The molecule has 0 N–H and O–H groups in total. The van der Waals surface area contributed by atoms with Gasteiger partial charge in [0, 0.05) is 6.42 Å². The lowest BCUT2D eigenvalue weighted by molar-refractivity contribution is -0.130. The summed E-state index contributed by atoms with van der Waals surface area (Å²) in [6.45, 7) is 6.41. The van der Waals surface area contributed by atoms with Gasteiger partial charge in [-0.25, -0.2) is 8.78 Å². The minimum absolute atomic E-state index is 0.00188. The lowest BCUT2D eigenvalue weighted by Crippen LogP contribution is -2.68. The highest BCUT2D eigenvalue weighted by Crippen LogP contribution is 2.45. The average molecular weight is 430 g/mol. The lowest BCUT2D eigenvalue weighted by atomic mass is 9.93. The molecule has 6 heteroatoms. The first-order valence-corrected chi connectivity index (χ1v) is 12.5. The van der Waals surface area contributed by atoms with Crippen molar-refractivity contribution in [2.75, 3.05) is 13.2 Å². The van der Waals surface area contributed by atoms with E-state index in [2.05, 4.69) is 45.0 Å². The van der Waals surface area contributed by atoms with Crippen LogP contribution in [-0.4, -0.2) is 50.2 Å². The summed E-state index contributed by atoms with van der Waals surface area (Å²) in [5, 5.41) is 1.90. The fourth-order valence-corrected chi connectivity index (χ4v) is 9.88. The Balaban J connectivity index is 1.81. The monoisotopic (exact) mass is 429 g/mol. The third-order valence-electron chi connectivity index (χ3n) is 6.69. The van der Waals surface area contributed by atoms with Crippen molar-refractivity contribution >= 4 is 24.6 Å². The quantitative estimate of drug-likeness (QED) is 0.680. The topological polar surface area (TPSA) is 29.5 Å². The van der Waals surface area contributed by atoms with Gasteiger partial charge in [-0.3, -0.25) is 4.79 Å². The Bertz CT molecular complexity index is 863. The molecule has 2 aromatic carbocycles. The maximum absolute atomic E-state index is 15.1. The number of carbonyl (C=O) groups is 1. The molecule has 0 spiro atoms. The van der Waals surface area contributed by atoms with E-state index in [1.165, 1.54) is 4.90 Å². The highest BCUT2D eigenvalue weighted by atomic mass is 28.4. The van der Waals surface area contributed by atoms with Crippen molar-refractivity contribution in [3.05, 3.63) is 60.7 Å². The van der Waals surface area contributed by atoms with Crippen molar-refractivity contribution in [1.82, 2.24) is 4.90 Å². The third kappa shape index (κ3) is 3.21. The first-order chi connectivity index (χ1) is 14.2. The van der Waals surface area contributed by atoms with Crippen LogP contribution in [0, 0.1) is 0 Å². The van der Waals surface area contributed by atoms with E-state index in [-0.39, 0.29) is 36.9 Å². The fourth-order valence-electron chi connectivity index (χ4n) is 5.26. The zero-order valence-corrected chi connectivity index (χ0v) is 18.8. The van der Waals surface area contributed by atoms with Crippen molar-refractivity contribution in [3.8, 4) is 0 Å². The Morgan fingerprint density at radius 3 is 2.07 bits per heavy atom. The van der Waals surface area contributed by atoms with Gasteiger partial charge in [0.2, 0.25) is 5.91 Å². The molecule has 2 aliphatic heterocycles. The number of nitrogens with zero attached hydrogens (tertiary/aromatic N) is 1. The first-order valence-electron chi connectivity index (χ1n) is 10.5. The van der Waals surface area contributed by atoms with Gasteiger partial charge >= 0.3 is 0 Å². The Kier molecular flexibility index (Phi) is 5.35. The second-order valence-corrected chi connectivity index (χ2v) is 13.8. The largest absolute Gasteiger partial charge is 0.405 e. The highest BCUT2D eigenvalue weighted by molar-refractivity contribution is 6.99. The van der Waals surface area contributed by atoms with Gasteiger partial charge in [-0.1, -0.05) is 81.4 Å². The van der Waals surface area contributed by atoms with E-state index >= 15 is 4.39 Å². The van der Waals surface area contributed by atoms with E-state index in [1.54, 1.807) is 0 Å². The molecule has 3 nitrogen and oxygen atoms in total. The number of alkyl halides is 2. The van der Waals surface area contributed by atoms with Crippen LogP contribution in [0.1, 0.15) is 33.6 Å². The maximum Gasteiger partial charge on any atom is 0.261 e. The molecular weight excluding hydrogens is 400 g/mol. The van der Waals surface area contributed by atoms with Crippen molar-refractivity contribution in [1.29, 1.82) is 0 Å². The number of fused-ring (bicyclic) bond motifs is 1. The SMILES string of the molecule is CC(C)(C)[Si](OC[C@]12C[C@@H](F)CN1C(=O)C[C@H]2F)(c1ccccc1)c1ccccc1. The van der Waals surface area contributed by atoms with E-state index in [0.717, 1.165) is 10.4 Å². The zero-order chi connectivity index (χ0) is 21.6. The summed E-state index contributed by atoms with van der Waals surface area (Å²) < 4.78 is 36.3. The van der Waals surface area contributed by atoms with E-state index in [4.69, 9.17) is 4.43 Å². The molecule has 0 radical (unpaired) electrons. The highest BCUT2D eigenvalue weighted by Gasteiger charge is 2.61. The first kappa shape index (κ1) is 21.2. The van der Waals surface area contributed by atoms with Gasteiger partial charge in [-0.15, -0.1) is 0 Å². The van der Waals surface area contributed by atoms with Gasteiger partial charge in [0.1, 0.15) is 12.3 Å². The van der Waals surface area contributed by atoms with Crippen molar-refractivity contribution < 1.29 is 18.0 Å². The molecule has 0 aromatic heterocycles. The predicted octanol–water partition coefficient (Wildman–Crippen LogP) is 3.61. The zero-order valence-electron chi connectivity index (χ0n) is 17.8. The van der Waals surface area contributed by atoms with Gasteiger partial charge in [0.05, 0.1) is 25.1 Å². The summed E-state index contributed by atoms with van der Waals surface area (Å²) in [5.74, 6) is -0.311. The molecule has 0 aliphatic carbocycles. The standard InChI is InChI=1S/C24H29F2NO2Si/c1-23(2,3)30(19-10-6-4-7-11-19,20-12-8-5-9-13-20)29-17-24-15-18(25)16-27(24)22(28)14-21(24)26/h4-13,18,21H,14-17H2,1-3H3/t18-,21-,24+/m1/s1. The molecule has 0 bridgehead atoms. The number of rotatable bonds is 5. The number of halogens is 2. The predicted molar refractivity (Wildman–Crippen MR) is 117 cm³/mol. The molecule has 160 valence electrons. The third-order valence-corrected chi connectivity index (χ3v) is 11.7. The van der Waals surface area contributed by atoms with Gasteiger partial charge in [0.25, 0.3) is 8.32 Å². The summed E-state index contributed by atoms with van der Waals surface area (Å²) in [4.78, 5) is 13.8. The number of amides is 1. The van der Waals surface area contributed by atoms with Crippen LogP contribution < -0.4 is 10.4 Å². The number of carbonyl (C=O) groups excluding carboxylic acids is 1. The minimum Gasteiger partial charge on any atom is -0.405 e. The molecule has 0 unspecified atom stereocenters. The number of hydrogen-bond donors (Lipinski definition) is 0. The summed E-state index contributed by atoms with van der Waals surface area (Å²) in [6.07, 6.45) is -2.81. The molecule has 2 saturated heterocycles. The second kappa shape index (κ2) is 7.57. The molecule has 4 rings (SSSR count). The van der Waals surface area contributed by atoms with Crippen LogP contribution in [0.4, 0.5) is 8.78 Å². The molecule has 2 aromatic rings. The van der Waals surface area contributed by atoms with E-state index in [1.807, 2.05) is 36.4 Å². The van der Waals surface area contributed by atoms with Gasteiger partial charge in [0.15, 0.2) is 0 Å². The summed E-state index contributed by atoms with van der Waals surface area (Å²) in [6, 6.07) is 20.2. The van der Waals surface area contributed by atoms with Gasteiger partial charge < -0.3 is 9.33 Å². The average Bonchev–Trinajstić information content (AvgIpc) is 3.16. The number of benzene rings is 2. The number of hydrogen-bond acceptors (Lipinski definition) is 2. The molecule has 30 heavy (non-hydrogen) atoms. The van der Waals surface area contributed by atoms with Crippen molar-refractivity contribution in [2.45, 2.75) is 56.5 Å². The van der Waals surface area contributed by atoms with Gasteiger partial charge in [-0.2, -0.15) is 0 Å². The molecule has 3 atom stereocenters.